The van der Waals surface area contributed by atoms with Crippen LogP contribution in [0.15, 0.2) is 48.5 Å². The molecule has 0 heterocycles. The normalized spacial score (nSPS) is 10.0. The summed E-state index contributed by atoms with van der Waals surface area (Å²) in [6, 6.07) is 11.3. The Balaban J connectivity index is 1.93. The van der Waals surface area contributed by atoms with Crippen molar-refractivity contribution in [2.24, 2.45) is 0 Å². The van der Waals surface area contributed by atoms with Gasteiger partial charge in [-0.25, -0.2) is 4.39 Å². The van der Waals surface area contributed by atoms with Crippen molar-refractivity contribution in [1.29, 1.82) is 0 Å². The molecule has 0 unspecified atom stereocenters. The van der Waals surface area contributed by atoms with Crippen LogP contribution in [0.5, 0.6) is 5.75 Å². The molecule has 2 rings (SSSR count). The SMILES string of the molecule is CC(=O)Oc1ccc(C(=O)N(C)CC(=O)Nc2ccc(F)cc2)cc1. The Morgan fingerprint density at radius 3 is 2.20 bits per heavy atom. The van der Waals surface area contributed by atoms with Crippen LogP contribution in [-0.2, 0) is 9.59 Å². The van der Waals surface area contributed by atoms with Crippen LogP contribution < -0.4 is 10.1 Å². The van der Waals surface area contributed by atoms with Gasteiger partial charge in [0.05, 0.1) is 6.54 Å². The zero-order valence-corrected chi connectivity index (χ0v) is 13.8. The Morgan fingerprint density at radius 2 is 1.64 bits per heavy atom. The largest absolute Gasteiger partial charge is 0.427 e. The topological polar surface area (TPSA) is 75.7 Å². The Bertz CT molecular complexity index is 773. The summed E-state index contributed by atoms with van der Waals surface area (Å²) in [7, 11) is 1.49. The maximum atomic E-state index is 12.8. The minimum atomic E-state index is -0.450. The van der Waals surface area contributed by atoms with Gasteiger partial charge in [-0.3, -0.25) is 14.4 Å². The van der Waals surface area contributed by atoms with Gasteiger partial charge in [-0.05, 0) is 48.5 Å². The van der Waals surface area contributed by atoms with Crippen LogP contribution in [0, 0.1) is 5.82 Å². The number of ether oxygens (including phenoxy) is 1. The highest BCUT2D eigenvalue weighted by atomic mass is 19.1. The number of benzene rings is 2. The van der Waals surface area contributed by atoms with Gasteiger partial charge in [0.15, 0.2) is 0 Å². The van der Waals surface area contributed by atoms with Gasteiger partial charge in [-0.2, -0.15) is 0 Å². The molecule has 2 aromatic rings. The number of amides is 2. The number of rotatable bonds is 5. The molecule has 0 aliphatic rings. The van der Waals surface area contributed by atoms with Gasteiger partial charge in [0, 0.05) is 25.2 Å². The minimum absolute atomic E-state index is 0.165. The van der Waals surface area contributed by atoms with E-state index in [1.165, 1.54) is 67.4 Å². The van der Waals surface area contributed by atoms with Crippen molar-refractivity contribution in [2.45, 2.75) is 6.92 Å². The van der Waals surface area contributed by atoms with Gasteiger partial charge in [-0.1, -0.05) is 0 Å². The molecule has 6 nitrogen and oxygen atoms in total. The highest BCUT2D eigenvalue weighted by Crippen LogP contribution is 2.14. The van der Waals surface area contributed by atoms with Crippen molar-refractivity contribution in [3.8, 4) is 5.75 Å². The third-order valence-corrected chi connectivity index (χ3v) is 3.22. The molecule has 0 radical (unpaired) electrons. The predicted octanol–water partition coefficient (Wildman–Crippen LogP) is 2.46. The maximum absolute atomic E-state index is 12.8. The summed E-state index contributed by atoms with van der Waals surface area (Å²) in [5.74, 6) is -1.28. The number of halogens is 1. The van der Waals surface area contributed by atoms with Crippen LogP contribution in [0.3, 0.4) is 0 Å². The first-order valence-corrected chi connectivity index (χ1v) is 7.44. The Labute approximate surface area is 144 Å². The number of nitrogens with zero attached hydrogens (tertiary/aromatic N) is 1. The van der Waals surface area contributed by atoms with E-state index in [0.717, 1.165) is 0 Å². The second kappa shape index (κ2) is 8.05. The van der Waals surface area contributed by atoms with Crippen molar-refractivity contribution in [1.82, 2.24) is 4.90 Å². The Kier molecular flexibility index (Phi) is 5.84. The number of esters is 1. The van der Waals surface area contributed by atoms with E-state index in [1.54, 1.807) is 0 Å². The molecule has 0 aliphatic carbocycles. The van der Waals surface area contributed by atoms with Crippen LogP contribution in [0.25, 0.3) is 0 Å². The number of anilines is 1. The number of nitrogens with one attached hydrogen (secondary N) is 1. The predicted molar refractivity (Wildman–Crippen MR) is 89.7 cm³/mol. The molecule has 0 saturated heterocycles. The lowest BCUT2D eigenvalue weighted by Gasteiger charge is -2.17. The monoisotopic (exact) mass is 344 g/mol. The Hall–Kier alpha value is -3.22. The third-order valence-electron chi connectivity index (χ3n) is 3.22. The molecular formula is C18H17FN2O4. The zero-order valence-electron chi connectivity index (χ0n) is 13.8. The van der Waals surface area contributed by atoms with Crippen molar-refractivity contribution in [3.63, 3.8) is 0 Å². The number of carbonyl (C=O) groups excluding carboxylic acids is 3. The van der Waals surface area contributed by atoms with Gasteiger partial charge in [0.2, 0.25) is 5.91 Å². The maximum Gasteiger partial charge on any atom is 0.308 e. The third kappa shape index (κ3) is 5.42. The van der Waals surface area contributed by atoms with Gasteiger partial charge >= 0.3 is 5.97 Å². The van der Waals surface area contributed by atoms with Crippen molar-refractivity contribution >= 4 is 23.5 Å². The highest BCUT2D eigenvalue weighted by Gasteiger charge is 2.15. The van der Waals surface area contributed by atoms with E-state index in [9.17, 15) is 18.8 Å². The van der Waals surface area contributed by atoms with E-state index < -0.39 is 17.7 Å². The first kappa shape index (κ1) is 18.1. The molecule has 1 N–H and O–H groups in total. The van der Waals surface area contributed by atoms with Crippen molar-refractivity contribution in [3.05, 3.63) is 59.9 Å². The fraction of sp³-hybridized carbons (Fsp3) is 0.167. The molecule has 2 amide bonds. The fourth-order valence-electron chi connectivity index (χ4n) is 2.07. The molecule has 2 aromatic carbocycles. The molecule has 7 heteroatoms. The van der Waals surface area contributed by atoms with Gasteiger partial charge in [0.25, 0.3) is 5.91 Å². The fourth-order valence-corrected chi connectivity index (χ4v) is 2.07. The summed E-state index contributed by atoms with van der Waals surface area (Å²) in [6.45, 7) is 1.12. The molecular weight excluding hydrogens is 327 g/mol. The molecule has 0 atom stereocenters. The van der Waals surface area contributed by atoms with E-state index in [1.807, 2.05) is 0 Å². The van der Waals surface area contributed by atoms with E-state index in [0.29, 0.717) is 17.0 Å². The van der Waals surface area contributed by atoms with E-state index in [4.69, 9.17) is 4.74 Å². The van der Waals surface area contributed by atoms with Gasteiger partial charge in [0.1, 0.15) is 11.6 Å². The lowest BCUT2D eigenvalue weighted by Crippen LogP contribution is -2.34. The van der Waals surface area contributed by atoms with Crippen LogP contribution in [0.4, 0.5) is 10.1 Å². The van der Waals surface area contributed by atoms with E-state index in [2.05, 4.69) is 5.32 Å². The second-order valence-corrected chi connectivity index (χ2v) is 5.33. The zero-order chi connectivity index (χ0) is 18.4. The first-order valence-electron chi connectivity index (χ1n) is 7.44. The highest BCUT2D eigenvalue weighted by molar-refractivity contribution is 5.99. The number of likely N-dealkylation sites (N-methyl/N-ethyl adjacent to an activating group) is 1. The average Bonchev–Trinajstić information content (AvgIpc) is 2.56. The summed E-state index contributed by atoms with van der Waals surface area (Å²) in [6.07, 6.45) is 0. The quantitative estimate of drug-likeness (QED) is 0.668. The number of carbonyl (C=O) groups is 3. The molecule has 0 saturated carbocycles. The number of hydrogen-bond donors (Lipinski definition) is 1. The Morgan fingerprint density at radius 1 is 1.04 bits per heavy atom. The molecule has 130 valence electrons. The summed E-state index contributed by atoms with van der Waals surface area (Å²) in [4.78, 5) is 36.4. The van der Waals surface area contributed by atoms with Crippen molar-refractivity contribution in [2.75, 3.05) is 18.9 Å². The van der Waals surface area contributed by atoms with Crippen molar-refractivity contribution < 1.29 is 23.5 Å². The summed E-state index contributed by atoms with van der Waals surface area (Å²) >= 11 is 0. The average molecular weight is 344 g/mol. The lowest BCUT2D eigenvalue weighted by molar-refractivity contribution is -0.131. The molecule has 0 fully saturated rings. The van der Waals surface area contributed by atoms with E-state index in [-0.39, 0.29) is 12.5 Å². The lowest BCUT2D eigenvalue weighted by atomic mass is 10.2. The molecule has 0 spiro atoms. The number of hydrogen-bond acceptors (Lipinski definition) is 4. The minimum Gasteiger partial charge on any atom is -0.427 e. The summed E-state index contributed by atoms with van der Waals surface area (Å²) in [5, 5.41) is 2.58. The smallest absolute Gasteiger partial charge is 0.308 e. The molecule has 0 aliphatic heterocycles. The van der Waals surface area contributed by atoms with Gasteiger partial charge in [-0.15, -0.1) is 0 Å². The van der Waals surface area contributed by atoms with Gasteiger partial charge < -0.3 is 15.0 Å². The summed E-state index contributed by atoms with van der Waals surface area (Å²) < 4.78 is 17.7. The van der Waals surface area contributed by atoms with Crippen LogP contribution in [-0.4, -0.2) is 36.3 Å². The second-order valence-electron chi connectivity index (χ2n) is 5.33. The first-order chi connectivity index (χ1) is 11.8. The van der Waals surface area contributed by atoms with E-state index >= 15 is 0 Å². The standard InChI is InChI=1S/C18H17FN2O4/c1-12(22)25-16-9-3-13(4-10-16)18(24)21(2)11-17(23)20-15-7-5-14(19)6-8-15/h3-10H,11H2,1-2H3,(H,20,23). The molecule has 0 aromatic heterocycles. The van der Waals surface area contributed by atoms with Crippen LogP contribution in [0.2, 0.25) is 0 Å². The van der Waals surface area contributed by atoms with Crippen LogP contribution in [0.1, 0.15) is 17.3 Å². The molecule has 25 heavy (non-hydrogen) atoms. The summed E-state index contributed by atoms with van der Waals surface area (Å²) in [5.41, 5.74) is 0.797. The molecule has 0 bridgehead atoms. The van der Waals surface area contributed by atoms with Crippen LogP contribution >= 0.6 is 0 Å².